The van der Waals surface area contributed by atoms with Crippen molar-refractivity contribution >= 4 is 12.2 Å². The Hall–Kier alpha value is -2.48. The van der Waals surface area contributed by atoms with Gasteiger partial charge in [-0.15, -0.1) is 0 Å². The summed E-state index contributed by atoms with van der Waals surface area (Å²) < 4.78 is 9.94. The second-order valence-electron chi connectivity index (χ2n) is 7.61. The first kappa shape index (κ1) is 22.2. The molecular weight excluding hydrogens is 394 g/mol. The number of likely N-dealkylation sites (N-methyl/N-ethyl adjacent to an activating group) is 1. The van der Waals surface area contributed by atoms with E-state index in [1.54, 1.807) is 13.4 Å². The van der Waals surface area contributed by atoms with Crippen molar-refractivity contribution in [1.29, 1.82) is 0 Å². The van der Waals surface area contributed by atoms with Gasteiger partial charge >= 0.3 is 0 Å². The van der Waals surface area contributed by atoms with Gasteiger partial charge in [-0.2, -0.15) is 5.10 Å². The fourth-order valence-corrected chi connectivity index (χ4v) is 3.61. The number of aromatic nitrogens is 3. The minimum atomic E-state index is 0.664. The van der Waals surface area contributed by atoms with E-state index < -0.39 is 0 Å². The van der Waals surface area contributed by atoms with Gasteiger partial charge in [0, 0.05) is 19.6 Å². The molecule has 7 heteroatoms. The van der Waals surface area contributed by atoms with Crippen molar-refractivity contribution < 1.29 is 4.74 Å². The van der Waals surface area contributed by atoms with Crippen LogP contribution in [0.25, 0.3) is 5.69 Å². The fraction of sp³-hybridized carbons (Fsp3) is 0.391. The topological polar surface area (TPSA) is 38.5 Å². The molecule has 0 aliphatic heterocycles. The van der Waals surface area contributed by atoms with E-state index in [0.717, 1.165) is 43.9 Å². The molecule has 3 rings (SSSR count). The Kier molecular flexibility index (Phi) is 8.19. The van der Waals surface area contributed by atoms with Gasteiger partial charge in [0.25, 0.3) is 0 Å². The highest BCUT2D eigenvalue weighted by Gasteiger charge is 2.12. The third kappa shape index (κ3) is 6.01. The molecule has 0 spiro atoms. The largest absolute Gasteiger partial charge is 0.495 e. The van der Waals surface area contributed by atoms with Crippen LogP contribution < -0.4 is 4.74 Å². The molecule has 0 saturated heterocycles. The van der Waals surface area contributed by atoms with Crippen molar-refractivity contribution in [2.75, 3.05) is 40.8 Å². The first-order valence-electron chi connectivity index (χ1n) is 10.3. The highest BCUT2D eigenvalue weighted by molar-refractivity contribution is 7.71. The molecule has 0 aliphatic carbocycles. The van der Waals surface area contributed by atoms with Crippen LogP contribution in [0.4, 0.5) is 0 Å². The maximum absolute atomic E-state index is 5.73. The molecule has 0 radical (unpaired) electrons. The van der Waals surface area contributed by atoms with Crippen molar-refractivity contribution in [3.05, 3.63) is 71.3 Å². The molecule has 1 heterocycles. The van der Waals surface area contributed by atoms with Crippen LogP contribution in [0.5, 0.6) is 5.75 Å². The van der Waals surface area contributed by atoms with E-state index in [2.05, 4.69) is 59.3 Å². The summed E-state index contributed by atoms with van der Waals surface area (Å²) in [5.41, 5.74) is 2.28. The summed E-state index contributed by atoms with van der Waals surface area (Å²) in [6.45, 7) is 3.62. The molecule has 0 atom stereocenters. The first-order valence-corrected chi connectivity index (χ1v) is 10.7. The molecule has 30 heavy (non-hydrogen) atoms. The zero-order valence-corrected chi connectivity index (χ0v) is 18.9. The summed E-state index contributed by atoms with van der Waals surface area (Å²) in [5.74, 6) is 0.778. The Labute approximate surface area is 184 Å². The zero-order valence-electron chi connectivity index (χ0n) is 18.1. The van der Waals surface area contributed by atoms with Crippen LogP contribution >= 0.6 is 12.2 Å². The monoisotopic (exact) mass is 425 g/mol. The van der Waals surface area contributed by atoms with E-state index >= 15 is 0 Å². The molecule has 0 bridgehead atoms. The normalized spacial score (nSPS) is 11.4. The van der Waals surface area contributed by atoms with Gasteiger partial charge < -0.3 is 9.64 Å². The smallest absolute Gasteiger partial charge is 0.203 e. The average molecular weight is 426 g/mol. The van der Waals surface area contributed by atoms with E-state index in [4.69, 9.17) is 17.0 Å². The van der Waals surface area contributed by atoms with Crippen LogP contribution in [0, 0.1) is 4.77 Å². The third-order valence-electron chi connectivity index (χ3n) is 5.06. The molecule has 160 valence electrons. The van der Waals surface area contributed by atoms with Crippen LogP contribution in [-0.2, 0) is 13.1 Å². The SMILES string of the molecule is COc1ccccc1-n1cnn(CN(CCCc2ccccc2)CCN(C)C)c1=S. The van der Waals surface area contributed by atoms with E-state index in [1.807, 2.05) is 33.5 Å². The third-order valence-corrected chi connectivity index (χ3v) is 5.47. The summed E-state index contributed by atoms with van der Waals surface area (Å²) >= 11 is 5.73. The molecule has 6 nitrogen and oxygen atoms in total. The van der Waals surface area contributed by atoms with Gasteiger partial charge in [-0.1, -0.05) is 42.5 Å². The number of hydrogen-bond donors (Lipinski definition) is 0. The van der Waals surface area contributed by atoms with E-state index in [-0.39, 0.29) is 0 Å². The summed E-state index contributed by atoms with van der Waals surface area (Å²) in [5, 5.41) is 4.57. The summed E-state index contributed by atoms with van der Waals surface area (Å²) in [6, 6.07) is 18.5. The molecule has 0 saturated carbocycles. The number of ether oxygens (including phenoxy) is 1. The average Bonchev–Trinajstić information content (AvgIpc) is 3.12. The van der Waals surface area contributed by atoms with Crippen molar-refractivity contribution in [2.24, 2.45) is 0 Å². The molecule has 0 unspecified atom stereocenters. The number of rotatable bonds is 11. The Morgan fingerprint density at radius 2 is 1.70 bits per heavy atom. The Morgan fingerprint density at radius 1 is 0.967 bits per heavy atom. The summed E-state index contributed by atoms with van der Waals surface area (Å²) in [7, 11) is 5.87. The van der Waals surface area contributed by atoms with Crippen molar-refractivity contribution in [3.63, 3.8) is 0 Å². The molecule has 2 aromatic carbocycles. The lowest BCUT2D eigenvalue weighted by molar-refractivity contribution is 0.184. The minimum absolute atomic E-state index is 0.664. The van der Waals surface area contributed by atoms with E-state index in [1.165, 1.54) is 5.56 Å². The number of nitrogens with zero attached hydrogens (tertiary/aromatic N) is 5. The number of benzene rings is 2. The molecular formula is C23H31N5OS. The van der Waals surface area contributed by atoms with Gasteiger partial charge in [-0.3, -0.25) is 9.47 Å². The van der Waals surface area contributed by atoms with Crippen molar-refractivity contribution in [1.82, 2.24) is 24.1 Å². The van der Waals surface area contributed by atoms with Gasteiger partial charge in [-0.05, 0) is 56.9 Å². The molecule has 0 aliphatic rings. The summed E-state index contributed by atoms with van der Waals surface area (Å²) in [4.78, 5) is 4.62. The quantitative estimate of drug-likeness (QED) is 0.436. The van der Waals surface area contributed by atoms with Crippen LogP contribution in [0.3, 0.4) is 0 Å². The Bertz CT molecular complexity index is 967. The minimum Gasteiger partial charge on any atom is -0.495 e. The van der Waals surface area contributed by atoms with Crippen LogP contribution in [0.15, 0.2) is 60.9 Å². The highest BCUT2D eigenvalue weighted by Crippen LogP contribution is 2.22. The highest BCUT2D eigenvalue weighted by atomic mass is 32.1. The van der Waals surface area contributed by atoms with Gasteiger partial charge in [0.1, 0.15) is 12.1 Å². The summed E-state index contributed by atoms with van der Waals surface area (Å²) in [6.07, 6.45) is 3.94. The molecule has 0 N–H and O–H groups in total. The van der Waals surface area contributed by atoms with Crippen LogP contribution in [-0.4, -0.2) is 65.0 Å². The lowest BCUT2D eigenvalue weighted by atomic mass is 10.1. The van der Waals surface area contributed by atoms with E-state index in [0.29, 0.717) is 11.4 Å². The molecule has 0 amide bonds. The Balaban J connectivity index is 1.70. The fourth-order valence-electron chi connectivity index (χ4n) is 3.36. The van der Waals surface area contributed by atoms with Gasteiger partial charge in [-0.25, -0.2) is 4.68 Å². The van der Waals surface area contributed by atoms with Crippen molar-refractivity contribution in [2.45, 2.75) is 19.5 Å². The Morgan fingerprint density at radius 3 is 2.43 bits per heavy atom. The van der Waals surface area contributed by atoms with E-state index in [9.17, 15) is 0 Å². The lowest BCUT2D eigenvalue weighted by Crippen LogP contribution is -2.34. The number of para-hydroxylation sites is 2. The molecule has 1 aromatic heterocycles. The van der Waals surface area contributed by atoms with Gasteiger partial charge in [0.05, 0.1) is 19.5 Å². The molecule has 0 fully saturated rings. The standard InChI is InChI=1S/C23H31N5OS/c1-25(2)16-17-26(15-9-12-20-10-5-4-6-11-20)19-28-23(30)27(18-24-28)21-13-7-8-14-22(21)29-3/h4-8,10-11,13-14,18H,9,12,15-17,19H2,1-3H3. The second-order valence-corrected chi connectivity index (χ2v) is 7.97. The van der Waals surface area contributed by atoms with Crippen LogP contribution in [0.2, 0.25) is 0 Å². The number of aryl methyl sites for hydroxylation is 1. The number of methoxy groups -OCH3 is 1. The predicted molar refractivity (Wildman–Crippen MR) is 124 cm³/mol. The van der Waals surface area contributed by atoms with Crippen LogP contribution in [0.1, 0.15) is 12.0 Å². The maximum Gasteiger partial charge on any atom is 0.203 e. The molecule has 3 aromatic rings. The van der Waals surface area contributed by atoms with Gasteiger partial charge in [0.2, 0.25) is 4.77 Å². The number of hydrogen-bond acceptors (Lipinski definition) is 5. The zero-order chi connectivity index (χ0) is 21.3. The predicted octanol–water partition coefficient (Wildman–Crippen LogP) is 3.87. The second kappa shape index (κ2) is 11.1. The maximum atomic E-state index is 5.73. The van der Waals surface area contributed by atoms with Gasteiger partial charge in [0.15, 0.2) is 0 Å². The lowest BCUT2D eigenvalue weighted by Gasteiger charge is -2.24. The first-order chi connectivity index (χ1) is 14.6. The van der Waals surface area contributed by atoms with Crippen molar-refractivity contribution in [3.8, 4) is 11.4 Å².